The lowest BCUT2D eigenvalue weighted by Crippen LogP contribution is -2.61. The van der Waals surface area contributed by atoms with Gasteiger partial charge in [-0.25, -0.2) is 0 Å². The smallest absolute Gasteiger partial charge is 0.247 e. The molecule has 0 unspecified atom stereocenters. The first-order valence-electron chi connectivity index (χ1n) is 13.9. The zero-order chi connectivity index (χ0) is 30.7. The largest absolute Gasteiger partial charge is 0.370 e. The summed E-state index contributed by atoms with van der Waals surface area (Å²) in [7, 11) is 0. The van der Waals surface area contributed by atoms with E-state index in [2.05, 4.69) is 31.9 Å². The van der Waals surface area contributed by atoms with Crippen LogP contribution < -0.4 is 37.6 Å². The Morgan fingerprint density at radius 3 is 2.20 bits per heavy atom. The zero-order valence-electron chi connectivity index (χ0n) is 24.4. The third-order valence-electron chi connectivity index (χ3n) is 6.67. The van der Waals surface area contributed by atoms with Crippen LogP contribution >= 0.6 is 0 Å². The van der Waals surface area contributed by atoms with Gasteiger partial charge >= 0.3 is 0 Å². The van der Waals surface area contributed by atoms with Gasteiger partial charge in [-0.3, -0.25) is 29.4 Å². The molecule has 0 saturated carbocycles. The van der Waals surface area contributed by atoms with Crippen molar-refractivity contribution in [2.24, 2.45) is 11.7 Å². The van der Waals surface area contributed by atoms with Crippen molar-refractivity contribution in [3.63, 3.8) is 0 Å². The van der Waals surface area contributed by atoms with Crippen molar-refractivity contribution in [3.05, 3.63) is 35.9 Å². The molecule has 2 rings (SSSR count). The van der Waals surface area contributed by atoms with Gasteiger partial charge in [0, 0.05) is 18.0 Å². The highest BCUT2D eigenvalue weighted by Gasteiger charge is 2.36. The van der Waals surface area contributed by atoms with E-state index in [4.69, 9.17) is 11.1 Å². The summed E-state index contributed by atoms with van der Waals surface area (Å²) in [5.74, 6) is -3.23. The van der Waals surface area contributed by atoms with E-state index in [-0.39, 0.29) is 37.7 Å². The molecule has 1 heterocycles. The lowest BCUT2D eigenvalue weighted by atomic mass is 9.92. The summed E-state index contributed by atoms with van der Waals surface area (Å²) < 4.78 is 0. The first-order chi connectivity index (χ1) is 19.2. The van der Waals surface area contributed by atoms with Crippen LogP contribution in [0.25, 0.3) is 0 Å². The number of carbonyl (C=O) groups is 5. The van der Waals surface area contributed by atoms with E-state index in [0.717, 1.165) is 0 Å². The molecule has 41 heavy (non-hydrogen) atoms. The molecule has 9 N–H and O–H groups in total. The molecule has 0 aromatic heterocycles. The number of benzene rings is 1. The van der Waals surface area contributed by atoms with Crippen molar-refractivity contribution in [2.45, 2.75) is 90.0 Å². The van der Waals surface area contributed by atoms with Crippen molar-refractivity contribution >= 4 is 35.5 Å². The molecule has 1 aromatic carbocycles. The Balaban J connectivity index is 2.49. The van der Waals surface area contributed by atoms with Gasteiger partial charge < -0.3 is 37.6 Å². The Labute approximate surface area is 241 Å². The Hall–Kier alpha value is -4.16. The molecule has 0 spiro atoms. The highest BCUT2D eigenvalue weighted by Crippen LogP contribution is 2.19. The van der Waals surface area contributed by atoms with Gasteiger partial charge in [0.05, 0.1) is 0 Å². The van der Waals surface area contributed by atoms with Gasteiger partial charge in [0.15, 0.2) is 5.96 Å². The molecular weight excluding hydrogens is 528 g/mol. The summed E-state index contributed by atoms with van der Waals surface area (Å²) in [5.41, 5.74) is 4.88. The van der Waals surface area contributed by atoms with E-state index >= 15 is 0 Å². The van der Waals surface area contributed by atoms with Crippen LogP contribution in [0, 0.1) is 11.3 Å². The maximum atomic E-state index is 13.5. The number of nitrogens with one attached hydrogen (secondary N) is 7. The first-order valence-corrected chi connectivity index (χ1v) is 13.9. The molecule has 0 radical (unpaired) electrons. The van der Waals surface area contributed by atoms with Crippen molar-refractivity contribution in [2.75, 3.05) is 6.54 Å². The standard InChI is InChI=1S/C28H44N8O5/c1-6-18-23(38)35-21(17-11-8-7-9-12-17)26(41)36-28(4,5)15-20(34-22(37)16(2)3)25(40)33-19(24(39)32-18)13-10-14-31-27(29)30/h7-9,11-12,16,18-21H,6,10,13-15H2,1-5H3,(H,32,39)(H,33,40)(H,34,37)(H,35,38)(H,36,41)(H4,29,30,31)/t18-,19-,20+,21+/m0/s1. The first kappa shape index (κ1) is 33.0. The van der Waals surface area contributed by atoms with Gasteiger partial charge in [0.25, 0.3) is 0 Å². The number of nitrogens with two attached hydrogens (primary N) is 1. The summed E-state index contributed by atoms with van der Waals surface area (Å²) in [4.78, 5) is 66.4. The topological polar surface area (TPSA) is 207 Å². The van der Waals surface area contributed by atoms with Crippen molar-refractivity contribution in [3.8, 4) is 0 Å². The maximum absolute atomic E-state index is 13.5. The number of amides is 5. The fourth-order valence-electron chi connectivity index (χ4n) is 4.40. The van der Waals surface area contributed by atoms with Crippen LogP contribution in [0.5, 0.6) is 0 Å². The van der Waals surface area contributed by atoms with E-state index in [1.807, 2.05) is 0 Å². The average molecular weight is 573 g/mol. The molecule has 0 aliphatic carbocycles. The third kappa shape index (κ3) is 10.4. The van der Waals surface area contributed by atoms with Crippen LogP contribution in [-0.2, 0) is 24.0 Å². The highest BCUT2D eigenvalue weighted by molar-refractivity contribution is 5.96. The minimum atomic E-state index is -1.07. The van der Waals surface area contributed by atoms with E-state index in [0.29, 0.717) is 12.0 Å². The fraction of sp³-hybridized carbons (Fsp3) is 0.571. The average Bonchev–Trinajstić information content (AvgIpc) is 2.90. The molecule has 0 bridgehead atoms. The second kappa shape index (κ2) is 15.0. The second-order valence-electron chi connectivity index (χ2n) is 11.2. The predicted molar refractivity (Wildman–Crippen MR) is 154 cm³/mol. The minimum absolute atomic E-state index is 0.0102. The van der Waals surface area contributed by atoms with Gasteiger partial charge in [-0.15, -0.1) is 0 Å². The molecule has 13 nitrogen and oxygen atoms in total. The van der Waals surface area contributed by atoms with Crippen molar-refractivity contribution in [1.82, 2.24) is 31.9 Å². The second-order valence-corrected chi connectivity index (χ2v) is 11.2. The molecule has 1 aromatic rings. The van der Waals surface area contributed by atoms with Gasteiger partial charge in [0.2, 0.25) is 29.5 Å². The summed E-state index contributed by atoms with van der Waals surface area (Å²) >= 11 is 0. The molecule has 1 fully saturated rings. The van der Waals surface area contributed by atoms with Crippen LogP contribution in [-0.4, -0.2) is 65.7 Å². The Morgan fingerprint density at radius 2 is 1.61 bits per heavy atom. The summed E-state index contributed by atoms with van der Waals surface area (Å²) in [6, 6.07) is 4.55. The lowest BCUT2D eigenvalue weighted by Gasteiger charge is -2.34. The number of carbonyl (C=O) groups excluding carboxylic acids is 5. The number of guanidine groups is 1. The molecule has 1 saturated heterocycles. The quantitative estimate of drug-likeness (QED) is 0.121. The van der Waals surface area contributed by atoms with E-state index < -0.39 is 59.3 Å². The molecule has 1 aliphatic rings. The van der Waals surface area contributed by atoms with Gasteiger partial charge in [-0.2, -0.15) is 0 Å². The van der Waals surface area contributed by atoms with Crippen LogP contribution in [0.15, 0.2) is 30.3 Å². The van der Waals surface area contributed by atoms with Crippen molar-refractivity contribution in [1.29, 1.82) is 5.41 Å². The predicted octanol–water partition coefficient (Wildman–Crippen LogP) is -0.0739. The lowest BCUT2D eigenvalue weighted by molar-refractivity contribution is -0.136. The van der Waals surface area contributed by atoms with Crippen molar-refractivity contribution < 1.29 is 24.0 Å². The highest BCUT2D eigenvalue weighted by atomic mass is 16.2. The van der Waals surface area contributed by atoms with Crippen LogP contribution in [0.3, 0.4) is 0 Å². The van der Waals surface area contributed by atoms with Gasteiger partial charge in [-0.1, -0.05) is 51.1 Å². The summed E-state index contributed by atoms with van der Waals surface area (Å²) in [6.07, 6.45) is 0.789. The zero-order valence-corrected chi connectivity index (χ0v) is 24.4. The number of rotatable bonds is 8. The molecule has 226 valence electrons. The summed E-state index contributed by atoms with van der Waals surface area (Å²) in [5, 5.41) is 23.8. The Kier molecular flexibility index (Phi) is 12.1. The van der Waals surface area contributed by atoms with E-state index in [9.17, 15) is 24.0 Å². The van der Waals surface area contributed by atoms with Crippen LogP contribution in [0.4, 0.5) is 0 Å². The fourth-order valence-corrected chi connectivity index (χ4v) is 4.40. The van der Waals surface area contributed by atoms with E-state index in [1.54, 1.807) is 65.0 Å². The normalized spacial score (nSPS) is 23.8. The molecule has 13 heteroatoms. The maximum Gasteiger partial charge on any atom is 0.247 e. The third-order valence-corrected chi connectivity index (χ3v) is 6.67. The molecule has 5 amide bonds. The molecule has 1 aliphatic heterocycles. The van der Waals surface area contributed by atoms with Crippen LogP contribution in [0.1, 0.15) is 71.9 Å². The summed E-state index contributed by atoms with van der Waals surface area (Å²) in [6.45, 7) is 8.83. The SMILES string of the molecule is CC[C@@H]1NC(=O)[C@H](CCCNC(=N)N)NC(=O)[C@H](NC(=O)C(C)C)CC(C)(C)NC(=O)[C@@H](c2ccccc2)NC1=O. The van der Waals surface area contributed by atoms with Crippen LogP contribution in [0.2, 0.25) is 0 Å². The number of hydrogen-bond donors (Lipinski definition) is 8. The monoisotopic (exact) mass is 572 g/mol. The Bertz CT molecular complexity index is 1110. The Morgan fingerprint density at radius 1 is 1.00 bits per heavy atom. The molecular formula is C28H44N8O5. The minimum Gasteiger partial charge on any atom is -0.370 e. The van der Waals surface area contributed by atoms with E-state index in [1.165, 1.54) is 0 Å². The van der Waals surface area contributed by atoms with Gasteiger partial charge in [-0.05, 0) is 45.1 Å². The molecule has 4 atom stereocenters. The number of hydrogen-bond acceptors (Lipinski definition) is 6. The van der Waals surface area contributed by atoms with Gasteiger partial charge in [0.1, 0.15) is 24.2 Å².